The van der Waals surface area contributed by atoms with E-state index in [9.17, 15) is 9.18 Å². The number of aromatic nitrogens is 1. The molecule has 1 aromatic carbocycles. The number of carbonyl (C=O) groups is 1. The van der Waals surface area contributed by atoms with E-state index in [0.717, 1.165) is 16.3 Å². The third kappa shape index (κ3) is 6.63. The summed E-state index contributed by atoms with van der Waals surface area (Å²) in [5, 5.41) is 9.34. The highest BCUT2D eigenvalue weighted by Crippen LogP contribution is 2.17. The predicted octanol–water partition coefficient (Wildman–Crippen LogP) is 2.41. The molecule has 4 N–H and O–H groups in total. The Hall–Kier alpha value is -2.48. The van der Waals surface area contributed by atoms with Gasteiger partial charge in [-0.15, -0.1) is 11.3 Å². The van der Waals surface area contributed by atoms with Gasteiger partial charge in [0, 0.05) is 19.0 Å². The molecule has 2 rings (SSSR count). The minimum absolute atomic E-state index is 0.306. The number of hydrogen-bond acceptors (Lipinski definition) is 4. The van der Waals surface area contributed by atoms with E-state index in [0.29, 0.717) is 31.4 Å². The molecule has 0 bridgehead atoms. The number of nitrogens with one attached hydrogen (secondary N) is 2. The molecule has 8 heteroatoms. The molecule has 0 radical (unpaired) electrons. The summed E-state index contributed by atoms with van der Waals surface area (Å²) in [5.74, 6) is -0.179. The molecule has 146 valence electrons. The summed E-state index contributed by atoms with van der Waals surface area (Å²) in [6, 6.07) is 6.07. The summed E-state index contributed by atoms with van der Waals surface area (Å²) in [6.45, 7) is 5.10. The highest BCUT2D eigenvalue weighted by atomic mass is 32.1. The minimum Gasteiger partial charge on any atom is -0.369 e. The Morgan fingerprint density at radius 3 is 2.56 bits per heavy atom. The number of guanidine groups is 1. The molecule has 1 atom stereocenters. The van der Waals surface area contributed by atoms with E-state index in [1.54, 1.807) is 30.5 Å². The molecule has 1 heterocycles. The van der Waals surface area contributed by atoms with Crippen LogP contribution in [0, 0.1) is 11.7 Å². The number of carbonyl (C=O) groups excluding carboxylic acids is 1. The molecular formula is C19H26FN5OS. The summed E-state index contributed by atoms with van der Waals surface area (Å²) in [4.78, 5) is 20.5. The number of halogens is 1. The van der Waals surface area contributed by atoms with Crippen LogP contribution in [-0.4, -0.2) is 30.4 Å². The van der Waals surface area contributed by atoms with Crippen LogP contribution in [0.1, 0.15) is 36.0 Å². The average molecular weight is 392 g/mol. The Balaban J connectivity index is 1.87. The monoisotopic (exact) mass is 391 g/mol. The van der Waals surface area contributed by atoms with Crippen LogP contribution < -0.4 is 16.4 Å². The Kier molecular flexibility index (Phi) is 7.72. The quantitative estimate of drug-likeness (QED) is 0.476. The maximum atomic E-state index is 13.0. The van der Waals surface area contributed by atoms with Crippen molar-refractivity contribution >= 4 is 23.2 Å². The van der Waals surface area contributed by atoms with Gasteiger partial charge in [-0.1, -0.05) is 26.0 Å². The molecule has 6 nitrogen and oxygen atoms in total. The predicted molar refractivity (Wildman–Crippen MR) is 107 cm³/mol. The van der Waals surface area contributed by atoms with E-state index in [1.807, 2.05) is 0 Å². The van der Waals surface area contributed by atoms with Crippen LogP contribution >= 0.6 is 11.3 Å². The summed E-state index contributed by atoms with van der Waals surface area (Å²) < 4.78 is 13.0. The molecule has 0 aliphatic rings. The zero-order valence-corrected chi connectivity index (χ0v) is 16.6. The van der Waals surface area contributed by atoms with Crippen molar-refractivity contribution in [3.63, 3.8) is 0 Å². The van der Waals surface area contributed by atoms with Gasteiger partial charge in [0.1, 0.15) is 10.8 Å². The first-order chi connectivity index (χ1) is 12.9. The van der Waals surface area contributed by atoms with Gasteiger partial charge in [0.15, 0.2) is 5.96 Å². The van der Waals surface area contributed by atoms with Gasteiger partial charge in [0.05, 0.1) is 18.2 Å². The molecule has 0 aliphatic carbocycles. The number of thiazole rings is 1. The normalized spacial score (nSPS) is 12.9. The van der Waals surface area contributed by atoms with E-state index in [4.69, 9.17) is 5.73 Å². The van der Waals surface area contributed by atoms with Crippen LogP contribution in [0.3, 0.4) is 0 Å². The van der Waals surface area contributed by atoms with Crippen molar-refractivity contribution in [3.05, 3.63) is 51.7 Å². The topological polar surface area (TPSA) is 92.4 Å². The molecule has 0 spiro atoms. The summed E-state index contributed by atoms with van der Waals surface area (Å²) in [7, 11) is 1.66. The molecule has 27 heavy (non-hydrogen) atoms. The standard InChI is InChI=1S/C19H26FN5OS/c1-12(2)16-11-27-17(25-16)10-24-19(22-3)23-9-14(18(21)26)8-13-4-6-15(20)7-5-13/h4-7,11-12,14H,8-10H2,1-3H3,(H2,21,26)(H2,22,23,24). The lowest BCUT2D eigenvalue weighted by atomic mass is 9.98. The van der Waals surface area contributed by atoms with Gasteiger partial charge >= 0.3 is 0 Å². The number of nitrogens with two attached hydrogens (primary N) is 1. The van der Waals surface area contributed by atoms with Gasteiger partial charge in [-0.05, 0) is 30.0 Å². The highest BCUT2D eigenvalue weighted by Gasteiger charge is 2.17. The first kappa shape index (κ1) is 20.8. The lowest BCUT2D eigenvalue weighted by Crippen LogP contribution is -2.42. The van der Waals surface area contributed by atoms with Crippen molar-refractivity contribution in [3.8, 4) is 0 Å². The fraction of sp³-hybridized carbons (Fsp3) is 0.421. The molecule has 1 amide bonds. The third-order valence-corrected chi connectivity index (χ3v) is 4.97. The number of hydrogen-bond donors (Lipinski definition) is 3. The van der Waals surface area contributed by atoms with Crippen LogP contribution in [0.25, 0.3) is 0 Å². The van der Waals surface area contributed by atoms with Crippen molar-refractivity contribution in [2.45, 2.75) is 32.7 Å². The maximum Gasteiger partial charge on any atom is 0.222 e. The fourth-order valence-corrected chi connectivity index (χ4v) is 3.34. The Bertz CT molecular complexity index is 773. The minimum atomic E-state index is -0.429. The van der Waals surface area contributed by atoms with E-state index < -0.39 is 11.8 Å². The van der Waals surface area contributed by atoms with E-state index in [2.05, 4.69) is 39.8 Å². The second kappa shape index (κ2) is 10.0. The molecule has 1 unspecified atom stereocenters. The number of rotatable bonds is 8. The van der Waals surface area contributed by atoms with Gasteiger partial charge in [-0.2, -0.15) is 0 Å². The highest BCUT2D eigenvalue weighted by molar-refractivity contribution is 7.09. The summed E-state index contributed by atoms with van der Waals surface area (Å²) >= 11 is 1.60. The largest absolute Gasteiger partial charge is 0.369 e. The SMILES string of the molecule is CN=C(NCc1nc(C(C)C)cs1)NCC(Cc1ccc(F)cc1)C(N)=O. The third-order valence-electron chi connectivity index (χ3n) is 4.11. The average Bonchev–Trinajstić information content (AvgIpc) is 3.11. The number of nitrogens with zero attached hydrogens (tertiary/aromatic N) is 2. The Labute approximate surface area is 163 Å². The molecule has 0 saturated heterocycles. The zero-order valence-electron chi connectivity index (χ0n) is 15.8. The van der Waals surface area contributed by atoms with Crippen LogP contribution in [0.15, 0.2) is 34.6 Å². The first-order valence-corrected chi connectivity index (χ1v) is 9.69. The fourth-order valence-electron chi connectivity index (χ4n) is 2.45. The van der Waals surface area contributed by atoms with Crippen LogP contribution in [0.4, 0.5) is 4.39 Å². The van der Waals surface area contributed by atoms with Gasteiger partial charge in [-0.25, -0.2) is 9.37 Å². The van der Waals surface area contributed by atoms with E-state index >= 15 is 0 Å². The van der Waals surface area contributed by atoms with Gasteiger partial charge in [0.2, 0.25) is 5.91 Å². The lowest BCUT2D eigenvalue weighted by Gasteiger charge is -2.17. The van der Waals surface area contributed by atoms with Crippen molar-refractivity contribution in [2.24, 2.45) is 16.6 Å². The Morgan fingerprint density at radius 2 is 2.00 bits per heavy atom. The van der Waals surface area contributed by atoms with Crippen LogP contribution in [0.5, 0.6) is 0 Å². The smallest absolute Gasteiger partial charge is 0.222 e. The second-order valence-corrected chi connectivity index (χ2v) is 7.50. The van der Waals surface area contributed by atoms with E-state index in [1.165, 1.54) is 12.1 Å². The maximum absolute atomic E-state index is 13.0. The van der Waals surface area contributed by atoms with Crippen molar-refractivity contribution in [1.82, 2.24) is 15.6 Å². The molecule has 0 saturated carbocycles. The van der Waals surface area contributed by atoms with Gasteiger partial charge in [-0.3, -0.25) is 9.79 Å². The van der Waals surface area contributed by atoms with Gasteiger partial charge < -0.3 is 16.4 Å². The lowest BCUT2D eigenvalue weighted by molar-refractivity contribution is -0.121. The van der Waals surface area contributed by atoms with Crippen LogP contribution in [-0.2, 0) is 17.8 Å². The molecule has 0 fully saturated rings. The molecule has 1 aromatic heterocycles. The summed E-state index contributed by atoms with van der Waals surface area (Å²) in [5.41, 5.74) is 7.45. The first-order valence-electron chi connectivity index (χ1n) is 8.81. The molecule has 2 aromatic rings. The second-order valence-electron chi connectivity index (χ2n) is 6.56. The molecular weight excluding hydrogens is 365 g/mol. The number of aliphatic imine (C=N–C) groups is 1. The van der Waals surface area contributed by atoms with Crippen molar-refractivity contribution < 1.29 is 9.18 Å². The van der Waals surface area contributed by atoms with E-state index in [-0.39, 0.29) is 5.82 Å². The zero-order chi connectivity index (χ0) is 19.8. The van der Waals surface area contributed by atoms with Crippen molar-refractivity contribution in [1.29, 1.82) is 0 Å². The molecule has 0 aliphatic heterocycles. The van der Waals surface area contributed by atoms with Gasteiger partial charge in [0.25, 0.3) is 0 Å². The van der Waals surface area contributed by atoms with Crippen LogP contribution in [0.2, 0.25) is 0 Å². The number of benzene rings is 1. The number of primary amides is 1. The Morgan fingerprint density at radius 1 is 1.30 bits per heavy atom. The number of amides is 1. The summed E-state index contributed by atoms with van der Waals surface area (Å²) in [6.07, 6.45) is 0.434. The van der Waals surface area contributed by atoms with Crippen molar-refractivity contribution in [2.75, 3.05) is 13.6 Å².